The fraction of sp³-hybridized carbons (Fsp3) is 0.342. The number of hydrogen-bond donors (Lipinski definition) is 4. The van der Waals surface area contributed by atoms with Gasteiger partial charge >= 0.3 is 0 Å². The molecule has 0 saturated carbocycles. The first-order chi connectivity index (χ1) is 24.5. The van der Waals surface area contributed by atoms with E-state index in [4.69, 9.17) is 46.4 Å². The van der Waals surface area contributed by atoms with Gasteiger partial charge in [0.25, 0.3) is 15.9 Å². The van der Waals surface area contributed by atoms with Gasteiger partial charge in [0, 0.05) is 47.6 Å². The van der Waals surface area contributed by atoms with Crippen molar-refractivity contribution in [2.45, 2.75) is 65.2 Å². The average molecular weight is 809 g/mol. The van der Waals surface area contributed by atoms with Crippen LogP contribution in [0, 0.1) is 34.6 Å². The van der Waals surface area contributed by atoms with Crippen molar-refractivity contribution < 1.29 is 23.4 Å². The van der Waals surface area contributed by atoms with Crippen molar-refractivity contribution >= 4 is 85.1 Å². The molecule has 9 nitrogen and oxygen atoms in total. The van der Waals surface area contributed by atoms with Crippen LogP contribution in [-0.2, 0) is 10.0 Å². The smallest absolute Gasteiger partial charge is 0.265 e. The highest BCUT2D eigenvalue weighted by Gasteiger charge is 2.26. The quantitative estimate of drug-likeness (QED) is 0.147. The number of halogens is 4. The molecule has 52 heavy (non-hydrogen) atoms. The number of rotatable bonds is 7. The monoisotopic (exact) mass is 806 g/mol. The number of anilines is 4. The van der Waals surface area contributed by atoms with Gasteiger partial charge in [-0.25, -0.2) is 8.42 Å². The van der Waals surface area contributed by atoms with E-state index in [1.54, 1.807) is 6.07 Å². The van der Waals surface area contributed by atoms with Gasteiger partial charge in [-0.3, -0.25) is 9.52 Å². The summed E-state index contributed by atoms with van der Waals surface area (Å²) >= 11 is 23.7. The van der Waals surface area contributed by atoms with Crippen LogP contribution in [0.2, 0.25) is 20.1 Å². The van der Waals surface area contributed by atoms with Gasteiger partial charge in [0.05, 0.1) is 27.0 Å². The summed E-state index contributed by atoms with van der Waals surface area (Å²) in [6.07, 6.45) is 4.52. The number of benzene rings is 4. The van der Waals surface area contributed by atoms with Gasteiger partial charge < -0.3 is 25.3 Å². The summed E-state index contributed by atoms with van der Waals surface area (Å²) < 4.78 is 28.4. The van der Waals surface area contributed by atoms with E-state index in [-0.39, 0.29) is 31.3 Å². The number of hydrogen-bond acceptors (Lipinski definition) is 7. The summed E-state index contributed by atoms with van der Waals surface area (Å²) in [7, 11) is -4.07. The molecule has 2 aliphatic heterocycles. The second-order valence-electron chi connectivity index (χ2n) is 13.2. The number of phenolic OH excluding ortho intramolecular Hbond substituents is 2. The van der Waals surface area contributed by atoms with Crippen molar-refractivity contribution in [1.29, 1.82) is 0 Å². The Morgan fingerprint density at radius 1 is 0.673 bits per heavy atom. The van der Waals surface area contributed by atoms with Crippen molar-refractivity contribution in [2.24, 2.45) is 0 Å². The second kappa shape index (κ2) is 16.2. The zero-order valence-electron chi connectivity index (χ0n) is 29.6. The van der Waals surface area contributed by atoms with Gasteiger partial charge in [-0.15, -0.1) is 0 Å². The lowest BCUT2D eigenvalue weighted by Gasteiger charge is -2.26. The van der Waals surface area contributed by atoms with Crippen LogP contribution in [0.3, 0.4) is 0 Å². The second-order valence-corrected chi connectivity index (χ2v) is 16.6. The van der Waals surface area contributed by atoms with E-state index < -0.39 is 21.7 Å². The summed E-state index contributed by atoms with van der Waals surface area (Å²) in [5.74, 6) is -1.22. The van der Waals surface area contributed by atoms with Crippen LogP contribution in [0.1, 0.15) is 63.9 Å². The summed E-state index contributed by atoms with van der Waals surface area (Å²) in [5, 5.41) is 23.5. The van der Waals surface area contributed by atoms with Gasteiger partial charge in [-0.2, -0.15) is 0 Å². The van der Waals surface area contributed by atoms with Crippen LogP contribution in [0.25, 0.3) is 0 Å². The third kappa shape index (κ3) is 8.47. The largest absolute Gasteiger partial charge is 0.506 e. The number of aromatic hydroxyl groups is 2. The maximum atomic E-state index is 12.9. The first-order valence-corrected chi connectivity index (χ1v) is 19.9. The number of amides is 1. The van der Waals surface area contributed by atoms with E-state index in [0.717, 1.165) is 72.6 Å². The van der Waals surface area contributed by atoms with Crippen molar-refractivity contribution in [3.8, 4) is 11.5 Å². The first kappa shape index (κ1) is 39.7. The van der Waals surface area contributed by atoms with Gasteiger partial charge in [-0.05, 0) is 118 Å². The zero-order valence-corrected chi connectivity index (χ0v) is 33.5. The minimum absolute atomic E-state index is 0.0535. The number of aryl methyl sites for hydroxylation is 3. The van der Waals surface area contributed by atoms with E-state index in [1.807, 2.05) is 33.8 Å². The molecule has 0 spiro atoms. The molecule has 0 unspecified atom stereocenters. The number of phenols is 2. The van der Waals surface area contributed by atoms with Gasteiger partial charge in [0.2, 0.25) is 0 Å². The highest BCUT2D eigenvalue weighted by Crippen LogP contribution is 2.40. The summed E-state index contributed by atoms with van der Waals surface area (Å²) in [4.78, 5) is 17.0. The molecule has 2 saturated heterocycles. The fourth-order valence-corrected chi connectivity index (χ4v) is 9.21. The number of carbonyl (C=O) groups excluding carboxylic acids is 1. The van der Waals surface area contributed by atoms with Crippen molar-refractivity contribution in [1.82, 2.24) is 0 Å². The summed E-state index contributed by atoms with van der Waals surface area (Å²) in [6.45, 7) is 13.9. The predicted octanol–water partition coefficient (Wildman–Crippen LogP) is 10.2. The van der Waals surface area contributed by atoms with Crippen molar-refractivity contribution in [2.75, 3.05) is 46.0 Å². The third-order valence-electron chi connectivity index (χ3n) is 9.52. The van der Waals surface area contributed by atoms with E-state index >= 15 is 0 Å². The first-order valence-electron chi connectivity index (χ1n) is 16.9. The van der Waals surface area contributed by atoms with Crippen LogP contribution in [-0.4, -0.2) is 50.7 Å². The van der Waals surface area contributed by atoms with Crippen LogP contribution in [0.15, 0.2) is 47.4 Å². The molecule has 0 aromatic heterocycles. The van der Waals surface area contributed by atoms with Gasteiger partial charge in [-0.1, -0.05) is 58.5 Å². The standard InChI is InChI=1S/C20H22Cl2N2O2.C18H20Cl2N2O3S/c1-11-8-12(2)18(24-6-4-5-7-24)13(3)17(11)23-20(26)15-9-14(21)10-16(22)19(15)25;1-11-5-6-15(17(12(11)2)22-7-3-4-8-22)21-26(24,25)16-10-13(19)9-14(20)18(16)23/h8-10,25H,4-7H2,1-3H3,(H,23,26);5-6,9-10,21,23H,3-4,7-8H2,1-2H3. The topological polar surface area (TPSA) is 122 Å². The Labute approximate surface area is 325 Å². The third-order valence-corrected chi connectivity index (χ3v) is 11.9. The Kier molecular flexibility index (Phi) is 12.4. The fourth-order valence-electron chi connectivity index (χ4n) is 6.89. The molecule has 0 radical (unpaired) electrons. The van der Waals surface area contributed by atoms with E-state index in [2.05, 4.69) is 32.8 Å². The summed E-state index contributed by atoms with van der Waals surface area (Å²) in [5.41, 5.74) is 8.68. The molecule has 14 heteroatoms. The molecule has 1 amide bonds. The minimum Gasteiger partial charge on any atom is -0.506 e. The van der Waals surface area contributed by atoms with Crippen molar-refractivity contribution in [3.63, 3.8) is 0 Å². The van der Waals surface area contributed by atoms with Crippen LogP contribution in [0.4, 0.5) is 22.7 Å². The van der Waals surface area contributed by atoms with Crippen LogP contribution >= 0.6 is 46.4 Å². The van der Waals surface area contributed by atoms with E-state index in [9.17, 15) is 23.4 Å². The van der Waals surface area contributed by atoms with E-state index in [1.165, 1.54) is 48.4 Å². The molecule has 0 atom stereocenters. The average Bonchev–Trinajstić information content (AvgIpc) is 3.80. The number of carbonyl (C=O) groups is 1. The zero-order chi connectivity index (χ0) is 38.1. The molecule has 4 aromatic rings. The van der Waals surface area contributed by atoms with Crippen molar-refractivity contribution in [3.05, 3.63) is 95.9 Å². The predicted molar refractivity (Wildman–Crippen MR) is 214 cm³/mol. The molecule has 278 valence electrons. The number of nitrogens with zero attached hydrogens (tertiary/aromatic N) is 2. The lowest BCUT2D eigenvalue weighted by atomic mass is 10.0. The molecule has 4 aromatic carbocycles. The molecular formula is C38H42Cl4N4O5S. The molecule has 2 heterocycles. The van der Waals surface area contributed by atoms with Crippen LogP contribution in [0.5, 0.6) is 11.5 Å². The minimum atomic E-state index is -4.07. The van der Waals surface area contributed by atoms with Gasteiger partial charge in [0.1, 0.15) is 10.6 Å². The molecule has 2 fully saturated rings. The normalized spacial score (nSPS) is 14.3. The summed E-state index contributed by atoms with van der Waals surface area (Å²) in [6, 6.07) is 11.0. The SMILES string of the molecule is Cc1cc(C)c(N2CCCC2)c(C)c1NC(=O)c1cc(Cl)cc(Cl)c1O.Cc1ccc(NS(=O)(=O)c2cc(Cl)cc(Cl)c2O)c(N2CCCC2)c1C. The van der Waals surface area contributed by atoms with Gasteiger partial charge in [0.15, 0.2) is 5.75 Å². The molecule has 4 N–H and O–H groups in total. The van der Waals surface area contributed by atoms with E-state index in [0.29, 0.717) is 10.7 Å². The Morgan fingerprint density at radius 2 is 1.21 bits per heavy atom. The lowest BCUT2D eigenvalue weighted by molar-refractivity contribution is 0.102. The Bertz CT molecular complexity index is 2130. The molecule has 2 aliphatic rings. The Hall–Kier alpha value is -3.54. The maximum Gasteiger partial charge on any atom is 0.265 e. The molecular weight excluding hydrogens is 766 g/mol. The number of nitrogens with one attached hydrogen (secondary N) is 2. The number of sulfonamides is 1. The highest BCUT2D eigenvalue weighted by molar-refractivity contribution is 7.92. The Balaban J connectivity index is 0.000000201. The molecule has 0 aliphatic carbocycles. The van der Waals surface area contributed by atoms with Crippen LogP contribution < -0.4 is 19.8 Å². The Morgan fingerprint density at radius 3 is 1.81 bits per heavy atom. The highest BCUT2D eigenvalue weighted by atomic mass is 35.5. The molecule has 6 rings (SSSR count). The lowest BCUT2D eigenvalue weighted by Crippen LogP contribution is -2.22. The maximum absolute atomic E-state index is 12.9. The molecule has 0 bridgehead atoms.